The molecule has 0 saturated heterocycles. The zero-order valence-corrected chi connectivity index (χ0v) is 12.2. The van der Waals surface area contributed by atoms with Crippen molar-refractivity contribution < 1.29 is 47.9 Å². The minimum absolute atomic E-state index is 0.100. The van der Waals surface area contributed by atoms with E-state index in [1.165, 1.54) is 0 Å². The third-order valence-corrected chi connectivity index (χ3v) is 3.80. The van der Waals surface area contributed by atoms with Crippen molar-refractivity contribution in [2.24, 2.45) is 9.63 Å². The number of halogens is 9. The molecule has 0 saturated carbocycles. The molecule has 5 nitrogen and oxygen atoms in total. The molecular formula is C10H6F9N3O2S. The Morgan fingerprint density at radius 1 is 0.800 bits per heavy atom. The van der Waals surface area contributed by atoms with E-state index in [2.05, 4.69) is 5.11 Å². The van der Waals surface area contributed by atoms with E-state index in [4.69, 9.17) is 5.73 Å². The number of rotatable bonds is 5. The van der Waals surface area contributed by atoms with E-state index in [-0.39, 0.29) is 5.69 Å². The molecule has 0 atom stereocenters. The summed E-state index contributed by atoms with van der Waals surface area (Å²) in [5, 5.41) is -4.32. The molecule has 1 rings (SSSR count). The van der Waals surface area contributed by atoms with E-state index in [1.54, 1.807) is 0 Å². The maximum atomic E-state index is 13.3. The average molecular weight is 403 g/mol. The maximum Gasteiger partial charge on any atom is 0.460 e. The largest absolute Gasteiger partial charge is 0.460 e. The minimum Gasteiger partial charge on any atom is -0.399 e. The van der Waals surface area contributed by atoms with Gasteiger partial charge in [-0.2, -0.15) is 47.9 Å². The van der Waals surface area contributed by atoms with Crippen molar-refractivity contribution >= 4 is 21.4 Å². The molecule has 0 aliphatic rings. The van der Waals surface area contributed by atoms with Crippen molar-refractivity contribution in [1.82, 2.24) is 0 Å². The molecule has 0 heterocycles. The first-order valence-corrected chi connectivity index (χ1v) is 7.14. The Morgan fingerprint density at radius 3 is 1.64 bits per heavy atom. The predicted molar refractivity (Wildman–Crippen MR) is 65.2 cm³/mol. The molecular weight excluding hydrogens is 397 g/mol. The van der Waals surface area contributed by atoms with Crippen LogP contribution in [0.2, 0.25) is 0 Å². The van der Waals surface area contributed by atoms with Gasteiger partial charge in [0, 0.05) is 5.69 Å². The summed E-state index contributed by atoms with van der Waals surface area (Å²) in [4.78, 5) is 0. The Labute approximate surface area is 133 Å². The molecule has 142 valence electrons. The molecule has 0 aliphatic heterocycles. The summed E-state index contributed by atoms with van der Waals surface area (Å²) in [6.07, 6.45) is -7.15. The quantitative estimate of drug-likeness (QED) is 0.456. The second kappa shape index (κ2) is 6.03. The normalized spacial score (nSPS) is 14.9. The molecule has 25 heavy (non-hydrogen) atoms. The predicted octanol–water partition coefficient (Wildman–Crippen LogP) is 4.11. The van der Waals surface area contributed by atoms with Crippen molar-refractivity contribution in [2.75, 3.05) is 5.73 Å². The van der Waals surface area contributed by atoms with Gasteiger partial charge >= 0.3 is 33.3 Å². The van der Waals surface area contributed by atoms with Gasteiger partial charge in [-0.3, -0.25) is 0 Å². The fourth-order valence-electron chi connectivity index (χ4n) is 1.22. The first kappa shape index (κ1) is 21.0. The number of sulfonamides is 1. The Balaban J connectivity index is 3.32. The first-order valence-electron chi connectivity index (χ1n) is 5.70. The van der Waals surface area contributed by atoms with Gasteiger partial charge in [-0.15, -0.1) is 5.11 Å². The molecule has 1 aromatic rings. The average Bonchev–Trinajstić information content (AvgIpc) is 2.45. The van der Waals surface area contributed by atoms with Gasteiger partial charge in [-0.25, -0.2) is 0 Å². The van der Waals surface area contributed by atoms with Crippen LogP contribution in [0.15, 0.2) is 33.9 Å². The van der Waals surface area contributed by atoms with E-state index in [0.717, 1.165) is 24.3 Å². The van der Waals surface area contributed by atoms with Crippen LogP contribution >= 0.6 is 0 Å². The lowest BCUT2D eigenvalue weighted by Crippen LogP contribution is -2.62. The van der Waals surface area contributed by atoms with Crippen LogP contribution < -0.4 is 5.73 Å². The fourth-order valence-corrected chi connectivity index (χ4v) is 1.97. The standard InChI is InChI=1S/C10H6F9N3O2S/c11-7(12,9(15,16)17)8(13,14)10(18,19)25(23,24)22-21-6-3-1-5(20)2-4-6/h1-4H,20H2. The molecule has 0 fully saturated rings. The van der Waals surface area contributed by atoms with Crippen LogP contribution in [-0.4, -0.2) is 31.7 Å². The number of hydrogen-bond donors (Lipinski definition) is 1. The highest BCUT2D eigenvalue weighted by Gasteiger charge is 2.85. The molecule has 0 amide bonds. The minimum atomic E-state index is -7.35. The zero-order valence-electron chi connectivity index (χ0n) is 11.4. The third-order valence-electron chi connectivity index (χ3n) is 2.60. The summed E-state index contributed by atoms with van der Waals surface area (Å²) < 4.78 is 138. The second-order valence-electron chi connectivity index (χ2n) is 4.41. The van der Waals surface area contributed by atoms with E-state index in [0.29, 0.717) is 0 Å². The number of nitrogens with two attached hydrogens (primary N) is 1. The van der Waals surface area contributed by atoms with E-state index >= 15 is 0 Å². The lowest BCUT2D eigenvalue weighted by atomic mass is 10.1. The highest BCUT2D eigenvalue weighted by Crippen LogP contribution is 2.55. The SMILES string of the molecule is Nc1ccc(N=NS(=O)(=O)C(F)(F)C(F)(F)C(F)(F)C(F)(F)F)cc1. The molecule has 0 bridgehead atoms. The van der Waals surface area contributed by atoms with Crippen LogP contribution in [0.4, 0.5) is 50.9 Å². The Hall–Kier alpha value is -2.06. The van der Waals surface area contributed by atoms with E-state index in [1.807, 2.05) is 4.52 Å². The van der Waals surface area contributed by atoms with Crippen LogP contribution in [0.1, 0.15) is 0 Å². The highest BCUT2D eigenvalue weighted by atomic mass is 32.2. The first-order chi connectivity index (χ1) is 11.0. The smallest absolute Gasteiger partial charge is 0.399 e. The molecule has 2 N–H and O–H groups in total. The molecule has 15 heteroatoms. The number of nitrogens with zero attached hydrogens (tertiary/aromatic N) is 2. The van der Waals surface area contributed by atoms with Crippen LogP contribution in [0.5, 0.6) is 0 Å². The summed E-state index contributed by atoms with van der Waals surface area (Å²) in [7, 11) is -6.91. The molecule has 0 aromatic heterocycles. The van der Waals surface area contributed by atoms with Crippen molar-refractivity contribution in [3.05, 3.63) is 24.3 Å². The van der Waals surface area contributed by atoms with Gasteiger partial charge in [0.1, 0.15) is 0 Å². The van der Waals surface area contributed by atoms with E-state index < -0.39 is 39.0 Å². The van der Waals surface area contributed by atoms with Crippen LogP contribution in [0.3, 0.4) is 0 Å². The lowest BCUT2D eigenvalue weighted by Gasteiger charge is -2.31. The summed E-state index contributed by atoms with van der Waals surface area (Å²) in [5.74, 6) is -14.7. The molecule has 1 aromatic carbocycles. The molecule has 0 radical (unpaired) electrons. The number of nitrogen functional groups attached to an aromatic ring is 1. The van der Waals surface area contributed by atoms with Crippen LogP contribution in [0.25, 0.3) is 0 Å². The zero-order chi connectivity index (χ0) is 19.9. The third kappa shape index (κ3) is 3.50. The number of benzene rings is 1. The van der Waals surface area contributed by atoms with Crippen LogP contribution in [-0.2, 0) is 10.0 Å². The monoisotopic (exact) mass is 403 g/mol. The van der Waals surface area contributed by atoms with E-state index in [9.17, 15) is 47.9 Å². The highest BCUT2D eigenvalue weighted by molar-refractivity contribution is 7.91. The molecule has 0 unspecified atom stereocenters. The van der Waals surface area contributed by atoms with Gasteiger partial charge in [0.05, 0.1) is 5.69 Å². The number of alkyl halides is 9. The Kier molecular flexibility index (Phi) is 5.06. The topological polar surface area (TPSA) is 84.9 Å². The van der Waals surface area contributed by atoms with Gasteiger partial charge in [0.25, 0.3) is 0 Å². The van der Waals surface area contributed by atoms with Gasteiger partial charge in [-0.05, 0) is 24.3 Å². The second-order valence-corrected chi connectivity index (χ2v) is 6.04. The number of hydrogen-bond acceptors (Lipinski definition) is 4. The Bertz CT molecular complexity index is 757. The van der Waals surface area contributed by atoms with Crippen molar-refractivity contribution in [3.63, 3.8) is 0 Å². The number of anilines is 1. The molecule has 0 spiro atoms. The summed E-state index contributed by atoms with van der Waals surface area (Å²) >= 11 is 0. The van der Waals surface area contributed by atoms with Gasteiger partial charge in [0.15, 0.2) is 0 Å². The van der Waals surface area contributed by atoms with Crippen molar-refractivity contribution in [2.45, 2.75) is 23.3 Å². The summed E-state index contributed by atoms with van der Waals surface area (Å²) in [6.45, 7) is 0. The fraction of sp³-hybridized carbons (Fsp3) is 0.400. The van der Waals surface area contributed by atoms with Crippen molar-refractivity contribution in [1.29, 1.82) is 0 Å². The lowest BCUT2D eigenvalue weighted by molar-refractivity contribution is -0.382. The molecule has 0 aliphatic carbocycles. The maximum absolute atomic E-state index is 13.3. The Morgan fingerprint density at radius 2 is 1.24 bits per heavy atom. The van der Waals surface area contributed by atoms with Gasteiger partial charge in [0.2, 0.25) is 0 Å². The van der Waals surface area contributed by atoms with Gasteiger partial charge < -0.3 is 5.73 Å². The summed E-state index contributed by atoms with van der Waals surface area (Å²) in [5.41, 5.74) is 4.80. The van der Waals surface area contributed by atoms with Gasteiger partial charge in [-0.1, -0.05) is 4.52 Å². The van der Waals surface area contributed by atoms with Crippen molar-refractivity contribution in [3.8, 4) is 0 Å². The summed E-state index contributed by atoms with van der Waals surface area (Å²) in [6, 6.07) is 3.89. The van der Waals surface area contributed by atoms with Crippen LogP contribution in [0, 0.1) is 0 Å².